The number of hydrogen-bond donors (Lipinski definition) is 0. The highest BCUT2D eigenvalue weighted by Gasteiger charge is 2.11. The van der Waals surface area contributed by atoms with E-state index in [0.717, 1.165) is 34.0 Å². The summed E-state index contributed by atoms with van der Waals surface area (Å²) in [6.45, 7) is 4.22. The van der Waals surface area contributed by atoms with Crippen molar-refractivity contribution in [3.05, 3.63) is 40.4 Å². The van der Waals surface area contributed by atoms with Gasteiger partial charge in [0.05, 0.1) is 18.2 Å². The van der Waals surface area contributed by atoms with Crippen molar-refractivity contribution in [2.24, 2.45) is 0 Å². The lowest BCUT2D eigenvalue weighted by Crippen LogP contribution is -1.89. The molecule has 1 heterocycles. The molecule has 1 aromatic carbocycles. The molecule has 2 nitrogen and oxygen atoms in total. The minimum absolute atomic E-state index is 0.471. The van der Waals surface area contributed by atoms with E-state index in [1.807, 2.05) is 0 Å². The topological polar surface area (TPSA) is 36.7 Å². The smallest absolute Gasteiger partial charge is 0.123 e. The van der Waals surface area contributed by atoms with Crippen LogP contribution in [0.2, 0.25) is 0 Å². The number of thiazole rings is 1. The zero-order valence-electron chi connectivity index (χ0n) is 10.7. The van der Waals surface area contributed by atoms with E-state index in [-0.39, 0.29) is 0 Å². The van der Waals surface area contributed by atoms with Gasteiger partial charge in [-0.05, 0) is 13.3 Å². The Labute approximate surface area is 112 Å². The van der Waals surface area contributed by atoms with Crippen LogP contribution in [0.3, 0.4) is 0 Å². The molecule has 92 valence electrons. The lowest BCUT2D eigenvalue weighted by molar-refractivity contribution is 0.881. The molecule has 0 aliphatic carbocycles. The first-order valence-corrected chi connectivity index (χ1v) is 6.98. The average molecular weight is 256 g/mol. The number of nitrogens with zero attached hydrogens (tertiary/aromatic N) is 2. The Morgan fingerprint density at radius 1 is 1.28 bits per heavy atom. The summed E-state index contributed by atoms with van der Waals surface area (Å²) in [7, 11) is 0. The summed E-state index contributed by atoms with van der Waals surface area (Å²) >= 11 is 1.65. The van der Waals surface area contributed by atoms with Crippen LogP contribution in [-0.4, -0.2) is 4.98 Å². The number of hydrogen-bond acceptors (Lipinski definition) is 3. The summed E-state index contributed by atoms with van der Waals surface area (Å²) in [5.41, 5.74) is 3.49. The predicted octanol–water partition coefficient (Wildman–Crippen LogP) is 4.14. The van der Waals surface area contributed by atoms with Crippen molar-refractivity contribution in [3.8, 4) is 16.6 Å². The number of rotatable bonds is 4. The number of benzene rings is 1. The van der Waals surface area contributed by atoms with E-state index in [2.05, 4.69) is 49.2 Å². The maximum Gasteiger partial charge on any atom is 0.123 e. The van der Waals surface area contributed by atoms with E-state index in [4.69, 9.17) is 5.26 Å². The third-order valence-corrected chi connectivity index (χ3v) is 3.95. The van der Waals surface area contributed by atoms with Gasteiger partial charge in [0.15, 0.2) is 0 Å². The molecule has 0 fully saturated rings. The third kappa shape index (κ3) is 2.77. The van der Waals surface area contributed by atoms with Crippen LogP contribution < -0.4 is 0 Å². The van der Waals surface area contributed by atoms with Gasteiger partial charge in [0, 0.05) is 10.4 Å². The molecule has 3 heteroatoms. The highest BCUT2D eigenvalue weighted by Crippen LogP contribution is 2.29. The molecule has 0 aliphatic heterocycles. The summed E-state index contributed by atoms with van der Waals surface area (Å²) in [5, 5.41) is 9.89. The van der Waals surface area contributed by atoms with Crippen molar-refractivity contribution < 1.29 is 0 Å². The van der Waals surface area contributed by atoms with E-state index in [1.54, 1.807) is 11.3 Å². The van der Waals surface area contributed by atoms with Crippen LogP contribution >= 0.6 is 11.3 Å². The number of nitriles is 1. The fourth-order valence-electron chi connectivity index (χ4n) is 1.85. The van der Waals surface area contributed by atoms with Crippen molar-refractivity contribution in [1.82, 2.24) is 4.98 Å². The first-order valence-electron chi connectivity index (χ1n) is 6.17. The van der Waals surface area contributed by atoms with E-state index in [0.29, 0.717) is 6.42 Å². The van der Waals surface area contributed by atoms with Crippen LogP contribution in [0.1, 0.15) is 29.5 Å². The van der Waals surface area contributed by atoms with Gasteiger partial charge in [-0.3, -0.25) is 0 Å². The number of aromatic nitrogens is 1. The predicted molar refractivity (Wildman–Crippen MR) is 75.6 cm³/mol. The lowest BCUT2D eigenvalue weighted by Gasteiger charge is -1.96. The van der Waals surface area contributed by atoms with Crippen LogP contribution in [0.5, 0.6) is 0 Å². The van der Waals surface area contributed by atoms with Gasteiger partial charge in [-0.15, -0.1) is 11.3 Å². The molecule has 2 rings (SSSR count). The van der Waals surface area contributed by atoms with Gasteiger partial charge in [-0.25, -0.2) is 4.98 Å². The number of aryl methyl sites for hydroxylation is 2. The minimum Gasteiger partial charge on any atom is -0.241 e. The van der Waals surface area contributed by atoms with Crippen LogP contribution in [0, 0.1) is 18.3 Å². The van der Waals surface area contributed by atoms with Crippen LogP contribution in [0.15, 0.2) is 24.3 Å². The molecule has 1 aromatic heterocycles. The Morgan fingerprint density at radius 3 is 2.61 bits per heavy atom. The molecule has 0 atom stereocenters. The molecule has 2 aromatic rings. The zero-order chi connectivity index (χ0) is 13.0. The Kier molecular flexibility index (Phi) is 4.11. The van der Waals surface area contributed by atoms with Crippen LogP contribution in [-0.2, 0) is 12.8 Å². The molecule has 0 N–H and O–H groups in total. The Bertz CT molecular complexity index is 561. The van der Waals surface area contributed by atoms with Crippen molar-refractivity contribution in [2.75, 3.05) is 0 Å². The normalized spacial score (nSPS) is 10.3. The zero-order valence-corrected chi connectivity index (χ0v) is 11.5. The molecular weight excluding hydrogens is 240 g/mol. The standard InChI is InChI=1S/C15H16N2S/c1-3-4-13-14(9-10-16)18-15(17-13)12-7-5-11(2)6-8-12/h5-8H,3-4,9H2,1-2H3. The summed E-state index contributed by atoms with van der Waals surface area (Å²) in [4.78, 5) is 5.81. The van der Waals surface area contributed by atoms with Gasteiger partial charge >= 0.3 is 0 Å². The van der Waals surface area contributed by atoms with E-state index in [9.17, 15) is 0 Å². The highest BCUT2D eigenvalue weighted by atomic mass is 32.1. The Hall–Kier alpha value is -1.66. The molecule has 0 saturated carbocycles. The van der Waals surface area contributed by atoms with Gasteiger partial charge in [-0.2, -0.15) is 5.26 Å². The molecule has 0 spiro atoms. The quantitative estimate of drug-likeness (QED) is 0.824. The monoisotopic (exact) mass is 256 g/mol. The molecule has 0 unspecified atom stereocenters. The van der Waals surface area contributed by atoms with E-state index >= 15 is 0 Å². The molecule has 0 bridgehead atoms. The molecule has 0 aliphatic rings. The van der Waals surface area contributed by atoms with E-state index < -0.39 is 0 Å². The summed E-state index contributed by atoms with van der Waals surface area (Å²) in [5.74, 6) is 0. The summed E-state index contributed by atoms with van der Waals surface area (Å²) in [6.07, 6.45) is 2.49. The largest absolute Gasteiger partial charge is 0.241 e. The van der Waals surface area contributed by atoms with Crippen LogP contribution in [0.4, 0.5) is 0 Å². The Balaban J connectivity index is 2.36. The third-order valence-electron chi connectivity index (χ3n) is 2.80. The average Bonchev–Trinajstić information content (AvgIpc) is 2.75. The second kappa shape index (κ2) is 5.79. The lowest BCUT2D eigenvalue weighted by atomic mass is 10.1. The van der Waals surface area contributed by atoms with Gasteiger partial charge in [-0.1, -0.05) is 43.2 Å². The van der Waals surface area contributed by atoms with Crippen molar-refractivity contribution in [1.29, 1.82) is 5.26 Å². The fraction of sp³-hybridized carbons (Fsp3) is 0.333. The molecule has 0 radical (unpaired) electrons. The minimum atomic E-state index is 0.471. The first kappa shape index (κ1) is 12.8. The first-order chi connectivity index (χ1) is 8.74. The summed E-state index contributed by atoms with van der Waals surface area (Å²) < 4.78 is 0. The molecule has 0 saturated heterocycles. The summed E-state index contributed by atoms with van der Waals surface area (Å²) in [6, 6.07) is 10.6. The Morgan fingerprint density at radius 2 is 2.00 bits per heavy atom. The highest BCUT2D eigenvalue weighted by molar-refractivity contribution is 7.15. The van der Waals surface area contributed by atoms with Gasteiger partial charge < -0.3 is 0 Å². The SMILES string of the molecule is CCCc1nc(-c2ccc(C)cc2)sc1CC#N. The molecular formula is C15H16N2S. The van der Waals surface area contributed by atoms with Gasteiger partial charge in [0.1, 0.15) is 5.01 Å². The molecule has 0 amide bonds. The van der Waals surface area contributed by atoms with E-state index in [1.165, 1.54) is 5.56 Å². The van der Waals surface area contributed by atoms with Gasteiger partial charge in [0.2, 0.25) is 0 Å². The van der Waals surface area contributed by atoms with Crippen LogP contribution in [0.25, 0.3) is 10.6 Å². The van der Waals surface area contributed by atoms with Gasteiger partial charge in [0.25, 0.3) is 0 Å². The van der Waals surface area contributed by atoms with Crippen molar-refractivity contribution in [2.45, 2.75) is 33.1 Å². The maximum atomic E-state index is 8.86. The maximum absolute atomic E-state index is 8.86. The van der Waals surface area contributed by atoms with Crippen molar-refractivity contribution >= 4 is 11.3 Å². The van der Waals surface area contributed by atoms with Crippen molar-refractivity contribution in [3.63, 3.8) is 0 Å². The molecule has 18 heavy (non-hydrogen) atoms. The second-order valence-electron chi connectivity index (χ2n) is 4.34. The second-order valence-corrected chi connectivity index (χ2v) is 5.42. The fourth-order valence-corrected chi connectivity index (χ4v) is 2.89.